The molecule has 0 bridgehead atoms. The fourth-order valence-electron chi connectivity index (χ4n) is 2.56. The second kappa shape index (κ2) is 8.89. The Morgan fingerprint density at radius 1 is 0.769 bits per heavy atom. The molecule has 0 saturated heterocycles. The Balaban J connectivity index is 1.83. The lowest BCUT2D eigenvalue weighted by atomic mass is 10.1. The summed E-state index contributed by atoms with van der Waals surface area (Å²) in [6, 6.07) is 9.40. The lowest BCUT2D eigenvalue weighted by molar-refractivity contribution is 0.0996. The molecule has 2 aromatic rings. The fraction of sp³-hybridized carbons (Fsp3) is 0.300. The zero-order valence-electron chi connectivity index (χ0n) is 14.8. The summed E-state index contributed by atoms with van der Waals surface area (Å²) in [6.07, 6.45) is 1.31. The largest absolute Gasteiger partial charge is 0.507 e. The van der Waals surface area contributed by atoms with Gasteiger partial charge in [-0.15, -0.1) is 0 Å². The van der Waals surface area contributed by atoms with Crippen LogP contribution in [0.25, 0.3) is 0 Å². The Hall–Kier alpha value is -3.02. The number of aromatic hydroxyl groups is 2. The van der Waals surface area contributed by atoms with Crippen molar-refractivity contribution in [2.75, 3.05) is 13.2 Å². The van der Waals surface area contributed by atoms with Crippen LogP contribution in [0.5, 0.6) is 23.0 Å². The molecule has 2 N–H and O–H groups in total. The number of hydrogen-bond acceptors (Lipinski definition) is 6. The van der Waals surface area contributed by atoms with Crippen molar-refractivity contribution in [1.29, 1.82) is 0 Å². The van der Waals surface area contributed by atoms with E-state index in [1.807, 2.05) is 0 Å². The van der Waals surface area contributed by atoms with Crippen molar-refractivity contribution in [3.63, 3.8) is 0 Å². The maximum Gasteiger partial charge on any atom is 0.167 e. The summed E-state index contributed by atoms with van der Waals surface area (Å²) in [6.45, 7) is 3.45. The van der Waals surface area contributed by atoms with Crippen LogP contribution in [0.3, 0.4) is 0 Å². The molecule has 0 spiro atoms. The Morgan fingerprint density at radius 2 is 1.15 bits per heavy atom. The van der Waals surface area contributed by atoms with Crippen LogP contribution in [-0.2, 0) is 0 Å². The van der Waals surface area contributed by atoms with Gasteiger partial charge in [0, 0.05) is 0 Å². The molecule has 0 aliphatic rings. The standard InChI is InChI=1S/C20H22O6/c1-13(21)19-15(23)7-5-9-17(19)25-11-3-4-12-26-18-10-6-8-16(24)20(18)14(2)22/h5-10,23-24H,3-4,11-12H2,1-2H3. The molecule has 0 fully saturated rings. The molecule has 6 nitrogen and oxygen atoms in total. The van der Waals surface area contributed by atoms with E-state index in [4.69, 9.17) is 9.47 Å². The van der Waals surface area contributed by atoms with Crippen molar-refractivity contribution in [2.45, 2.75) is 26.7 Å². The highest BCUT2D eigenvalue weighted by molar-refractivity contribution is 6.00. The number of phenolic OH excluding ortho intramolecular Hbond substituents is 2. The van der Waals surface area contributed by atoms with Crippen molar-refractivity contribution in [3.05, 3.63) is 47.5 Å². The first-order valence-electron chi connectivity index (χ1n) is 8.33. The predicted octanol–water partition coefficient (Wildman–Crippen LogP) is 3.74. The minimum absolute atomic E-state index is 0.0982. The van der Waals surface area contributed by atoms with Crippen LogP contribution in [-0.4, -0.2) is 35.0 Å². The summed E-state index contributed by atoms with van der Waals surface area (Å²) in [5.74, 6) is -0.0161. The van der Waals surface area contributed by atoms with Crippen molar-refractivity contribution in [3.8, 4) is 23.0 Å². The summed E-state index contributed by atoms with van der Waals surface area (Å²) in [5, 5.41) is 19.5. The third-order valence-electron chi connectivity index (χ3n) is 3.77. The minimum Gasteiger partial charge on any atom is -0.507 e. The van der Waals surface area contributed by atoms with Gasteiger partial charge in [-0.25, -0.2) is 0 Å². The number of rotatable bonds is 9. The first kappa shape index (κ1) is 19.3. The number of phenols is 2. The van der Waals surface area contributed by atoms with E-state index in [1.165, 1.54) is 26.0 Å². The maximum absolute atomic E-state index is 11.6. The first-order valence-corrected chi connectivity index (χ1v) is 8.33. The Morgan fingerprint density at radius 3 is 1.50 bits per heavy atom. The van der Waals surface area contributed by atoms with E-state index in [2.05, 4.69) is 0 Å². The zero-order chi connectivity index (χ0) is 19.1. The third-order valence-corrected chi connectivity index (χ3v) is 3.77. The second-order valence-corrected chi connectivity index (χ2v) is 5.82. The van der Waals surface area contributed by atoms with Gasteiger partial charge in [-0.2, -0.15) is 0 Å². The average molecular weight is 358 g/mol. The molecule has 0 aliphatic carbocycles. The van der Waals surface area contributed by atoms with E-state index in [0.29, 0.717) is 37.6 Å². The maximum atomic E-state index is 11.6. The van der Waals surface area contributed by atoms with Gasteiger partial charge in [0.05, 0.1) is 13.2 Å². The Bertz CT molecular complexity index is 729. The number of ketones is 2. The summed E-state index contributed by atoms with van der Waals surface area (Å²) in [7, 11) is 0. The van der Waals surface area contributed by atoms with Crippen molar-refractivity contribution in [2.24, 2.45) is 0 Å². The average Bonchev–Trinajstić information content (AvgIpc) is 2.57. The van der Waals surface area contributed by atoms with E-state index < -0.39 is 0 Å². The van der Waals surface area contributed by atoms with Crippen molar-refractivity contribution in [1.82, 2.24) is 0 Å². The lowest BCUT2D eigenvalue weighted by Gasteiger charge is -2.12. The molecule has 0 aromatic heterocycles. The molecule has 2 aromatic carbocycles. The van der Waals surface area contributed by atoms with Crippen molar-refractivity contribution >= 4 is 11.6 Å². The lowest BCUT2D eigenvalue weighted by Crippen LogP contribution is -2.07. The van der Waals surface area contributed by atoms with Gasteiger partial charge in [-0.05, 0) is 51.0 Å². The molecule has 0 unspecified atom stereocenters. The van der Waals surface area contributed by atoms with Gasteiger partial charge in [0.15, 0.2) is 11.6 Å². The Labute approximate surface area is 152 Å². The molecule has 0 radical (unpaired) electrons. The molecule has 6 heteroatoms. The molecule has 0 aliphatic heterocycles. The summed E-state index contributed by atoms with van der Waals surface area (Å²) in [5.41, 5.74) is 0.351. The second-order valence-electron chi connectivity index (χ2n) is 5.82. The van der Waals surface area contributed by atoms with Gasteiger partial charge in [-0.1, -0.05) is 12.1 Å². The predicted molar refractivity (Wildman–Crippen MR) is 96.4 cm³/mol. The molecule has 138 valence electrons. The van der Waals surface area contributed by atoms with Crippen LogP contribution >= 0.6 is 0 Å². The van der Waals surface area contributed by atoms with E-state index in [1.54, 1.807) is 24.3 Å². The van der Waals surface area contributed by atoms with Crippen LogP contribution in [0.4, 0.5) is 0 Å². The number of benzene rings is 2. The molecular formula is C20H22O6. The molecule has 0 heterocycles. The van der Waals surface area contributed by atoms with Crippen LogP contribution in [0.15, 0.2) is 36.4 Å². The number of Topliss-reactive ketones (excluding diaryl/α,β-unsaturated/α-hetero) is 2. The van der Waals surface area contributed by atoms with E-state index in [9.17, 15) is 19.8 Å². The van der Waals surface area contributed by atoms with Gasteiger partial charge in [0.25, 0.3) is 0 Å². The molecule has 0 amide bonds. The third kappa shape index (κ3) is 4.75. The summed E-state index contributed by atoms with van der Waals surface area (Å²) < 4.78 is 11.2. The number of hydrogen-bond donors (Lipinski definition) is 2. The number of unbranched alkanes of at least 4 members (excludes halogenated alkanes) is 1. The van der Waals surface area contributed by atoms with E-state index in [-0.39, 0.29) is 34.2 Å². The Kier molecular flexibility index (Phi) is 6.60. The molecule has 2 rings (SSSR count). The van der Waals surface area contributed by atoms with Gasteiger partial charge in [0.1, 0.15) is 34.1 Å². The highest BCUT2D eigenvalue weighted by Crippen LogP contribution is 2.29. The van der Waals surface area contributed by atoms with Gasteiger partial charge in [0.2, 0.25) is 0 Å². The molecule has 0 atom stereocenters. The summed E-state index contributed by atoms with van der Waals surface area (Å²) in [4.78, 5) is 23.2. The van der Waals surface area contributed by atoms with Crippen LogP contribution in [0.2, 0.25) is 0 Å². The first-order chi connectivity index (χ1) is 12.4. The van der Waals surface area contributed by atoms with Crippen molar-refractivity contribution < 1.29 is 29.3 Å². The highest BCUT2D eigenvalue weighted by atomic mass is 16.5. The number of ether oxygens (including phenoxy) is 2. The number of carbonyl (C=O) groups is 2. The van der Waals surface area contributed by atoms with Crippen LogP contribution < -0.4 is 9.47 Å². The monoisotopic (exact) mass is 358 g/mol. The topological polar surface area (TPSA) is 93.1 Å². The highest BCUT2D eigenvalue weighted by Gasteiger charge is 2.14. The van der Waals surface area contributed by atoms with Gasteiger partial charge in [-0.3, -0.25) is 9.59 Å². The zero-order valence-corrected chi connectivity index (χ0v) is 14.8. The van der Waals surface area contributed by atoms with Gasteiger partial charge < -0.3 is 19.7 Å². The normalized spacial score (nSPS) is 10.4. The van der Waals surface area contributed by atoms with E-state index in [0.717, 1.165) is 0 Å². The van der Waals surface area contributed by atoms with Gasteiger partial charge >= 0.3 is 0 Å². The minimum atomic E-state index is -0.262. The summed E-state index contributed by atoms with van der Waals surface area (Å²) >= 11 is 0. The fourth-order valence-corrected chi connectivity index (χ4v) is 2.56. The SMILES string of the molecule is CC(=O)c1c(O)cccc1OCCCCOc1cccc(O)c1C(C)=O. The molecule has 26 heavy (non-hydrogen) atoms. The van der Waals surface area contributed by atoms with E-state index >= 15 is 0 Å². The smallest absolute Gasteiger partial charge is 0.167 e. The quantitative estimate of drug-likeness (QED) is 0.524. The van der Waals surface area contributed by atoms with Crippen LogP contribution in [0, 0.1) is 0 Å². The van der Waals surface area contributed by atoms with Crippen LogP contribution in [0.1, 0.15) is 47.4 Å². The number of carbonyl (C=O) groups excluding carboxylic acids is 2. The molecule has 0 saturated carbocycles. The molecular weight excluding hydrogens is 336 g/mol.